The topological polar surface area (TPSA) is 55.8 Å². The molecule has 5 nitrogen and oxygen atoms in total. The van der Waals surface area contributed by atoms with Crippen LogP contribution in [0.3, 0.4) is 0 Å². The van der Waals surface area contributed by atoms with Crippen LogP contribution < -0.4 is 5.32 Å². The highest BCUT2D eigenvalue weighted by Crippen LogP contribution is 2.29. The minimum absolute atomic E-state index is 0.421. The van der Waals surface area contributed by atoms with Crippen LogP contribution in [-0.2, 0) is 4.79 Å². The third-order valence-electron chi connectivity index (χ3n) is 4.06. The largest absolute Gasteiger partial charge is 0.480 e. The molecule has 110 valence electrons. The monoisotopic (exact) mass is 269 g/mol. The lowest BCUT2D eigenvalue weighted by Crippen LogP contribution is -2.53. The Morgan fingerprint density at radius 1 is 1.26 bits per heavy atom. The van der Waals surface area contributed by atoms with Crippen LogP contribution in [0.5, 0.6) is 0 Å². The van der Waals surface area contributed by atoms with Gasteiger partial charge in [-0.05, 0) is 31.7 Å². The normalized spacial score (nSPS) is 23.4. The van der Waals surface area contributed by atoms with E-state index in [0.29, 0.717) is 6.54 Å². The average molecular weight is 269 g/mol. The Bertz CT molecular complexity index is 286. The van der Waals surface area contributed by atoms with E-state index >= 15 is 0 Å². The number of rotatable bonds is 8. The average Bonchev–Trinajstić information content (AvgIpc) is 3.20. The molecule has 2 aliphatic rings. The van der Waals surface area contributed by atoms with E-state index < -0.39 is 12.0 Å². The van der Waals surface area contributed by atoms with E-state index in [0.717, 1.165) is 45.1 Å². The van der Waals surface area contributed by atoms with Crippen LogP contribution in [0, 0.1) is 5.92 Å². The SMILES string of the molecule is CCCNC(CN1CCN(CC2CC2)CC1)C(=O)O. The van der Waals surface area contributed by atoms with Crippen LogP contribution in [0.1, 0.15) is 26.2 Å². The smallest absolute Gasteiger partial charge is 0.322 e. The van der Waals surface area contributed by atoms with E-state index in [4.69, 9.17) is 0 Å². The van der Waals surface area contributed by atoms with Gasteiger partial charge in [-0.25, -0.2) is 0 Å². The first-order valence-corrected chi connectivity index (χ1v) is 7.60. The number of carboxylic acid groups (broad SMARTS) is 1. The molecule has 1 unspecified atom stereocenters. The molecule has 19 heavy (non-hydrogen) atoms. The zero-order valence-corrected chi connectivity index (χ0v) is 12.0. The fourth-order valence-electron chi connectivity index (χ4n) is 2.63. The van der Waals surface area contributed by atoms with Gasteiger partial charge in [0.2, 0.25) is 0 Å². The van der Waals surface area contributed by atoms with E-state index in [1.165, 1.54) is 19.4 Å². The van der Waals surface area contributed by atoms with Crippen LogP contribution in [0.15, 0.2) is 0 Å². The van der Waals surface area contributed by atoms with Crippen LogP contribution in [-0.4, -0.2) is 72.7 Å². The number of piperazine rings is 1. The molecule has 2 fully saturated rings. The lowest BCUT2D eigenvalue weighted by molar-refractivity contribution is -0.140. The quantitative estimate of drug-likeness (QED) is 0.671. The molecule has 1 saturated heterocycles. The maximum absolute atomic E-state index is 11.2. The molecule has 0 spiro atoms. The zero-order chi connectivity index (χ0) is 13.7. The van der Waals surface area contributed by atoms with Crippen molar-refractivity contribution in [3.8, 4) is 0 Å². The summed E-state index contributed by atoms with van der Waals surface area (Å²) in [6.07, 6.45) is 3.78. The second-order valence-corrected chi connectivity index (χ2v) is 5.89. The van der Waals surface area contributed by atoms with Crippen LogP contribution in [0.2, 0.25) is 0 Å². The molecule has 0 aromatic rings. The molecule has 1 heterocycles. The Hall–Kier alpha value is -0.650. The number of carbonyl (C=O) groups is 1. The molecular weight excluding hydrogens is 242 g/mol. The Morgan fingerprint density at radius 3 is 2.42 bits per heavy atom. The van der Waals surface area contributed by atoms with E-state index in [1.54, 1.807) is 0 Å². The molecule has 0 bridgehead atoms. The molecular formula is C14H27N3O2. The number of hydrogen-bond donors (Lipinski definition) is 2. The predicted molar refractivity (Wildman–Crippen MR) is 75.3 cm³/mol. The summed E-state index contributed by atoms with van der Waals surface area (Å²) in [6.45, 7) is 8.92. The molecule has 0 radical (unpaired) electrons. The van der Waals surface area contributed by atoms with Gasteiger partial charge < -0.3 is 15.3 Å². The summed E-state index contributed by atoms with van der Waals surface area (Å²) in [7, 11) is 0. The summed E-state index contributed by atoms with van der Waals surface area (Å²) in [5.74, 6) is 0.221. The van der Waals surface area contributed by atoms with Gasteiger partial charge in [-0.1, -0.05) is 6.92 Å². The Balaban J connectivity index is 1.68. The molecule has 0 amide bonds. The first-order valence-electron chi connectivity index (χ1n) is 7.60. The zero-order valence-electron chi connectivity index (χ0n) is 12.0. The highest BCUT2D eigenvalue weighted by atomic mass is 16.4. The maximum Gasteiger partial charge on any atom is 0.322 e. The molecule has 0 aromatic heterocycles. The fraction of sp³-hybridized carbons (Fsp3) is 0.929. The fourth-order valence-corrected chi connectivity index (χ4v) is 2.63. The molecule has 1 aliphatic carbocycles. The van der Waals surface area contributed by atoms with E-state index in [-0.39, 0.29) is 0 Å². The lowest BCUT2D eigenvalue weighted by atomic mass is 10.2. The molecule has 0 aromatic carbocycles. The van der Waals surface area contributed by atoms with Crippen molar-refractivity contribution in [1.29, 1.82) is 0 Å². The second kappa shape index (κ2) is 7.22. The standard InChI is InChI=1S/C14H27N3O2/c1-2-5-15-13(14(18)19)11-17-8-6-16(7-9-17)10-12-3-4-12/h12-13,15H,2-11H2,1H3,(H,18,19). The lowest BCUT2D eigenvalue weighted by Gasteiger charge is -2.36. The van der Waals surface area contributed by atoms with E-state index in [9.17, 15) is 9.90 Å². The Kier molecular flexibility index (Phi) is 5.60. The highest BCUT2D eigenvalue weighted by Gasteiger charge is 2.27. The predicted octanol–water partition coefficient (Wildman–Crippen LogP) is 0.467. The molecule has 1 atom stereocenters. The van der Waals surface area contributed by atoms with Gasteiger partial charge in [0, 0.05) is 39.3 Å². The molecule has 2 N–H and O–H groups in total. The van der Waals surface area contributed by atoms with Gasteiger partial charge in [-0.3, -0.25) is 9.69 Å². The second-order valence-electron chi connectivity index (χ2n) is 5.89. The third kappa shape index (κ3) is 5.09. The summed E-state index contributed by atoms with van der Waals surface area (Å²) < 4.78 is 0. The van der Waals surface area contributed by atoms with Crippen molar-refractivity contribution < 1.29 is 9.90 Å². The summed E-state index contributed by atoms with van der Waals surface area (Å²) in [5.41, 5.74) is 0. The van der Waals surface area contributed by atoms with Gasteiger partial charge in [0.25, 0.3) is 0 Å². The van der Waals surface area contributed by atoms with Crippen molar-refractivity contribution in [2.24, 2.45) is 5.92 Å². The first-order chi connectivity index (χ1) is 9.19. The number of carboxylic acids is 1. The third-order valence-corrected chi connectivity index (χ3v) is 4.06. The van der Waals surface area contributed by atoms with Gasteiger partial charge >= 0.3 is 5.97 Å². The van der Waals surface area contributed by atoms with Crippen molar-refractivity contribution in [3.05, 3.63) is 0 Å². The van der Waals surface area contributed by atoms with E-state index in [1.807, 2.05) is 0 Å². The minimum Gasteiger partial charge on any atom is -0.480 e. The number of hydrogen-bond acceptors (Lipinski definition) is 4. The van der Waals surface area contributed by atoms with Gasteiger partial charge in [0.15, 0.2) is 0 Å². The van der Waals surface area contributed by atoms with Crippen molar-refractivity contribution in [2.45, 2.75) is 32.2 Å². The van der Waals surface area contributed by atoms with Gasteiger partial charge in [0.05, 0.1) is 0 Å². The summed E-state index contributed by atoms with van der Waals surface area (Å²) >= 11 is 0. The maximum atomic E-state index is 11.2. The molecule has 1 saturated carbocycles. The number of nitrogens with one attached hydrogen (secondary N) is 1. The molecule has 2 rings (SSSR count). The van der Waals surface area contributed by atoms with Gasteiger partial charge in [-0.2, -0.15) is 0 Å². The van der Waals surface area contributed by atoms with Gasteiger partial charge in [-0.15, -0.1) is 0 Å². The number of nitrogens with zero attached hydrogens (tertiary/aromatic N) is 2. The van der Waals surface area contributed by atoms with Crippen LogP contribution in [0.4, 0.5) is 0 Å². The number of aliphatic carboxylic acids is 1. The van der Waals surface area contributed by atoms with E-state index in [2.05, 4.69) is 22.0 Å². The summed E-state index contributed by atoms with van der Waals surface area (Å²) in [6, 6.07) is -0.421. The molecule has 5 heteroatoms. The highest BCUT2D eigenvalue weighted by molar-refractivity contribution is 5.73. The van der Waals surface area contributed by atoms with Crippen LogP contribution >= 0.6 is 0 Å². The Morgan fingerprint density at radius 2 is 1.89 bits per heavy atom. The molecule has 1 aliphatic heterocycles. The minimum atomic E-state index is -0.728. The first kappa shape index (κ1) is 14.8. The Labute approximate surface area is 115 Å². The summed E-state index contributed by atoms with van der Waals surface area (Å²) in [5, 5.41) is 12.3. The summed E-state index contributed by atoms with van der Waals surface area (Å²) in [4.78, 5) is 16.0. The van der Waals surface area contributed by atoms with Crippen molar-refractivity contribution in [3.63, 3.8) is 0 Å². The van der Waals surface area contributed by atoms with Gasteiger partial charge in [0.1, 0.15) is 6.04 Å². The van der Waals surface area contributed by atoms with Crippen molar-refractivity contribution >= 4 is 5.97 Å². The van der Waals surface area contributed by atoms with Crippen molar-refractivity contribution in [1.82, 2.24) is 15.1 Å². The van der Waals surface area contributed by atoms with Crippen LogP contribution in [0.25, 0.3) is 0 Å². The van der Waals surface area contributed by atoms with Crippen molar-refractivity contribution in [2.75, 3.05) is 45.8 Å².